The minimum absolute atomic E-state index is 0.104. The van der Waals surface area contributed by atoms with Crippen molar-refractivity contribution in [1.29, 1.82) is 0 Å². The second-order valence-corrected chi connectivity index (χ2v) is 8.12. The molecule has 1 amide bonds. The average molecular weight is 325 g/mol. The van der Waals surface area contributed by atoms with Crippen LogP contribution in [0.1, 0.15) is 20.3 Å². The van der Waals surface area contributed by atoms with Crippen LogP contribution in [0.25, 0.3) is 0 Å². The van der Waals surface area contributed by atoms with Crippen molar-refractivity contribution in [3.05, 3.63) is 16.5 Å². The number of nitrogens with one attached hydrogen (secondary N) is 2. The molecule has 1 heterocycles. The minimum atomic E-state index is -3.65. The van der Waals surface area contributed by atoms with E-state index in [1.165, 1.54) is 12.1 Å². The van der Waals surface area contributed by atoms with Crippen LogP contribution in [0.15, 0.2) is 16.3 Å². The number of halogens is 1. The van der Waals surface area contributed by atoms with Gasteiger partial charge in [0.05, 0.1) is 10.9 Å². The molecule has 1 aromatic heterocycles. The van der Waals surface area contributed by atoms with Crippen LogP contribution in [-0.2, 0) is 14.8 Å². The van der Waals surface area contributed by atoms with Gasteiger partial charge < -0.3 is 5.32 Å². The van der Waals surface area contributed by atoms with Gasteiger partial charge in [-0.3, -0.25) is 4.79 Å². The Labute approximate surface area is 122 Å². The first kappa shape index (κ1) is 16.4. The normalized spacial score (nSPS) is 11.8. The van der Waals surface area contributed by atoms with E-state index < -0.39 is 10.0 Å². The van der Waals surface area contributed by atoms with Gasteiger partial charge in [0.25, 0.3) is 10.0 Å². The van der Waals surface area contributed by atoms with Crippen molar-refractivity contribution in [2.24, 2.45) is 5.92 Å². The van der Waals surface area contributed by atoms with Crippen molar-refractivity contribution in [3.8, 4) is 0 Å². The van der Waals surface area contributed by atoms with E-state index in [1.54, 1.807) is 0 Å². The Kier molecular flexibility index (Phi) is 6.25. The maximum atomic E-state index is 11.8. The average Bonchev–Trinajstić information content (AvgIpc) is 2.74. The molecule has 0 saturated carbocycles. The lowest BCUT2D eigenvalue weighted by atomic mass is 10.1. The van der Waals surface area contributed by atoms with Crippen molar-refractivity contribution in [1.82, 2.24) is 10.0 Å². The quantitative estimate of drug-likeness (QED) is 0.803. The molecule has 0 aliphatic carbocycles. The summed E-state index contributed by atoms with van der Waals surface area (Å²) in [5.74, 6) is 0.150. The van der Waals surface area contributed by atoms with Crippen molar-refractivity contribution < 1.29 is 13.2 Å². The Morgan fingerprint density at radius 2 is 2.11 bits per heavy atom. The maximum absolute atomic E-state index is 11.8. The standard InChI is InChI=1S/C11H17ClN2O3S2/c1-8(2)5-6-13-10(15)7-14-19(16,17)11-4-3-9(12)18-11/h3-4,8,14H,5-7H2,1-2H3,(H,13,15). The first-order valence-corrected chi connectivity index (χ1v) is 8.50. The molecule has 2 N–H and O–H groups in total. The predicted octanol–water partition coefficient (Wildman–Crippen LogP) is 1.84. The molecular formula is C11H17ClN2O3S2. The molecule has 0 bridgehead atoms. The summed E-state index contributed by atoms with van der Waals surface area (Å²) >= 11 is 6.63. The second kappa shape index (κ2) is 7.23. The van der Waals surface area contributed by atoms with Crippen LogP contribution >= 0.6 is 22.9 Å². The fraction of sp³-hybridized carbons (Fsp3) is 0.545. The number of thiophene rings is 1. The van der Waals surface area contributed by atoms with Crippen LogP contribution in [0.5, 0.6) is 0 Å². The topological polar surface area (TPSA) is 75.3 Å². The van der Waals surface area contributed by atoms with E-state index in [9.17, 15) is 13.2 Å². The number of hydrogen-bond donors (Lipinski definition) is 2. The fourth-order valence-corrected chi connectivity index (χ4v) is 3.75. The smallest absolute Gasteiger partial charge is 0.250 e. The summed E-state index contributed by atoms with van der Waals surface area (Å²) in [7, 11) is -3.65. The van der Waals surface area contributed by atoms with E-state index in [0.717, 1.165) is 17.8 Å². The lowest BCUT2D eigenvalue weighted by Crippen LogP contribution is -2.37. The first-order valence-electron chi connectivity index (χ1n) is 5.83. The van der Waals surface area contributed by atoms with E-state index in [4.69, 9.17) is 11.6 Å². The zero-order valence-corrected chi connectivity index (χ0v) is 13.2. The first-order chi connectivity index (χ1) is 8.81. The van der Waals surface area contributed by atoms with Gasteiger partial charge in [0.2, 0.25) is 5.91 Å². The predicted molar refractivity (Wildman–Crippen MR) is 77.0 cm³/mol. The monoisotopic (exact) mass is 324 g/mol. The number of carbonyl (C=O) groups is 1. The van der Waals surface area contributed by atoms with E-state index >= 15 is 0 Å². The Morgan fingerprint density at radius 3 is 2.63 bits per heavy atom. The van der Waals surface area contributed by atoms with Gasteiger partial charge in [0.15, 0.2) is 0 Å². The van der Waals surface area contributed by atoms with Crippen LogP contribution in [0.4, 0.5) is 0 Å². The molecule has 0 aliphatic rings. The highest BCUT2D eigenvalue weighted by atomic mass is 35.5. The van der Waals surface area contributed by atoms with Gasteiger partial charge in [-0.15, -0.1) is 11.3 Å². The third-order valence-electron chi connectivity index (χ3n) is 2.28. The van der Waals surface area contributed by atoms with Gasteiger partial charge in [-0.2, -0.15) is 0 Å². The van der Waals surface area contributed by atoms with Crippen LogP contribution in [0.2, 0.25) is 4.34 Å². The van der Waals surface area contributed by atoms with Crippen molar-refractivity contribution in [3.63, 3.8) is 0 Å². The summed E-state index contributed by atoms with van der Waals surface area (Å²) in [6.45, 7) is 4.38. The minimum Gasteiger partial charge on any atom is -0.355 e. The Morgan fingerprint density at radius 1 is 1.42 bits per heavy atom. The molecule has 0 radical (unpaired) electrons. The molecule has 0 atom stereocenters. The zero-order valence-electron chi connectivity index (χ0n) is 10.8. The molecule has 0 aliphatic heterocycles. The van der Waals surface area contributed by atoms with E-state index in [-0.39, 0.29) is 16.7 Å². The molecule has 0 aromatic carbocycles. The number of carbonyl (C=O) groups excluding carboxylic acids is 1. The summed E-state index contributed by atoms with van der Waals surface area (Å²) in [6, 6.07) is 2.91. The molecule has 0 unspecified atom stereocenters. The van der Waals surface area contributed by atoms with Gasteiger partial charge >= 0.3 is 0 Å². The molecule has 0 fully saturated rings. The number of rotatable bonds is 7. The van der Waals surface area contributed by atoms with Crippen molar-refractivity contribution >= 4 is 38.9 Å². The third kappa shape index (κ3) is 5.90. The summed E-state index contributed by atoms with van der Waals surface area (Å²) in [6.07, 6.45) is 0.860. The second-order valence-electron chi connectivity index (χ2n) is 4.42. The van der Waals surface area contributed by atoms with Gasteiger partial charge in [0.1, 0.15) is 4.21 Å². The molecule has 1 rings (SSSR count). The molecule has 19 heavy (non-hydrogen) atoms. The Hall–Kier alpha value is -0.630. The molecule has 8 heteroatoms. The number of amides is 1. The lowest BCUT2D eigenvalue weighted by Gasteiger charge is -2.08. The molecule has 0 saturated heterocycles. The van der Waals surface area contributed by atoms with Crippen LogP contribution in [0, 0.1) is 5.92 Å². The Bertz CT molecular complexity index is 526. The molecule has 5 nitrogen and oxygen atoms in total. The largest absolute Gasteiger partial charge is 0.355 e. The summed E-state index contributed by atoms with van der Waals surface area (Å²) < 4.78 is 26.3. The highest BCUT2D eigenvalue weighted by Gasteiger charge is 2.17. The number of hydrogen-bond acceptors (Lipinski definition) is 4. The summed E-state index contributed by atoms with van der Waals surface area (Å²) in [5.41, 5.74) is 0. The van der Waals surface area contributed by atoms with Gasteiger partial charge in [-0.05, 0) is 24.5 Å². The van der Waals surface area contributed by atoms with Crippen LogP contribution < -0.4 is 10.0 Å². The van der Waals surface area contributed by atoms with Crippen molar-refractivity contribution in [2.75, 3.05) is 13.1 Å². The summed E-state index contributed by atoms with van der Waals surface area (Å²) in [5, 5.41) is 2.65. The summed E-state index contributed by atoms with van der Waals surface area (Å²) in [4.78, 5) is 11.4. The van der Waals surface area contributed by atoms with Gasteiger partial charge in [-0.1, -0.05) is 25.4 Å². The molecular weight excluding hydrogens is 308 g/mol. The highest BCUT2D eigenvalue weighted by Crippen LogP contribution is 2.25. The highest BCUT2D eigenvalue weighted by molar-refractivity contribution is 7.91. The maximum Gasteiger partial charge on any atom is 0.250 e. The Balaban J connectivity index is 2.41. The number of sulfonamides is 1. The van der Waals surface area contributed by atoms with Crippen LogP contribution in [0.3, 0.4) is 0 Å². The molecule has 1 aromatic rings. The lowest BCUT2D eigenvalue weighted by molar-refractivity contribution is -0.119. The van der Waals surface area contributed by atoms with Gasteiger partial charge in [-0.25, -0.2) is 13.1 Å². The van der Waals surface area contributed by atoms with Crippen molar-refractivity contribution in [2.45, 2.75) is 24.5 Å². The van der Waals surface area contributed by atoms with E-state index in [1.807, 2.05) is 0 Å². The van der Waals surface area contributed by atoms with Gasteiger partial charge in [0, 0.05) is 6.54 Å². The fourth-order valence-electron chi connectivity index (χ4n) is 1.24. The van der Waals surface area contributed by atoms with E-state index in [2.05, 4.69) is 23.9 Å². The van der Waals surface area contributed by atoms with E-state index in [0.29, 0.717) is 16.8 Å². The zero-order chi connectivity index (χ0) is 14.5. The van der Waals surface area contributed by atoms with Crippen LogP contribution in [-0.4, -0.2) is 27.4 Å². The molecule has 0 spiro atoms. The third-order valence-corrected chi connectivity index (χ3v) is 5.40. The SMILES string of the molecule is CC(C)CCNC(=O)CNS(=O)(=O)c1ccc(Cl)s1. The molecule has 108 valence electrons.